The van der Waals surface area contributed by atoms with Gasteiger partial charge in [0.15, 0.2) is 0 Å². The van der Waals surface area contributed by atoms with Crippen molar-refractivity contribution < 1.29 is 14.3 Å². The molecule has 0 bridgehead atoms. The van der Waals surface area contributed by atoms with Crippen LogP contribution in [0.1, 0.15) is 38.4 Å². The number of hydrogen-bond acceptors (Lipinski definition) is 4. The zero-order valence-corrected chi connectivity index (χ0v) is 12.9. The fourth-order valence-electron chi connectivity index (χ4n) is 2.42. The Labute approximate surface area is 124 Å². The zero-order chi connectivity index (χ0) is 15.6. The van der Waals surface area contributed by atoms with Crippen molar-refractivity contribution in [3.05, 3.63) is 30.0 Å². The first-order valence-electron chi connectivity index (χ1n) is 7.10. The number of esters is 1. The molecule has 0 spiro atoms. The van der Waals surface area contributed by atoms with Gasteiger partial charge >= 0.3 is 5.97 Å². The lowest BCUT2D eigenvalue weighted by atomic mass is 10.1. The summed E-state index contributed by atoms with van der Waals surface area (Å²) in [6.07, 6.45) is 1.93. The first-order chi connectivity index (χ1) is 9.99. The first-order valence-corrected chi connectivity index (χ1v) is 7.10. The summed E-state index contributed by atoms with van der Waals surface area (Å²) >= 11 is 0. The average molecular weight is 290 g/mol. The number of methoxy groups -OCH3 is 1. The second-order valence-electron chi connectivity index (χ2n) is 5.20. The molecule has 0 saturated heterocycles. The van der Waals surface area contributed by atoms with E-state index in [2.05, 4.69) is 18.4 Å². The van der Waals surface area contributed by atoms with Crippen LogP contribution in [-0.4, -0.2) is 24.3 Å². The summed E-state index contributed by atoms with van der Waals surface area (Å²) in [4.78, 5) is 11.9. The Balaban J connectivity index is 2.58. The van der Waals surface area contributed by atoms with Gasteiger partial charge < -0.3 is 19.8 Å². The molecule has 1 unspecified atom stereocenters. The molecule has 1 aromatic carbocycles. The van der Waals surface area contributed by atoms with Crippen LogP contribution in [0.5, 0.6) is 5.75 Å². The van der Waals surface area contributed by atoms with Crippen molar-refractivity contribution in [2.75, 3.05) is 13.7 Å². The van der Waals surface area contributed by atoms with Crippen LogP contribution in [0, 0.1) is 0 Å². The summed E-state index contributed by atoms with van der Waals surface area (Å²) in [6, 6.07) is 5.27. The van der Waals surface area contributed by atoms with Crippen LogP contribution in [0.3, 0.4) is 0 Å². The molecule has 0 amide bonds. The Kier molecular flexibility index (Phi) is 4.53. The summed E-state index contributed by atoms with van der Waals surface area (Å²) in [6.45, 7) is 6.26. The van der Waals surface area contributed by atoms with Crippen molar-refractivity contribution in [3.63, 3.8) is 0 Å². The van der Waals surface area contributed by atoms with E-state index in [1.807, 2.05) is 24.4 Å². The van der Waals surface area contributed by atoms with Crippen LogP contribution in [0.2, 0.25) is 0 Å². The van der Waals surface area contributed by atoms with Gasteiger partial charge in [-0.3, -0.25) is 0 Å². The maximum Gasteiger partial charge on any atom is 0.327 e. The Hall–Kier alpha value is -2.01. The third kappa shape index (κ3) is 2.88. The Bertz CT molecular complexity index is 646. The zero-order valence-electron chi connectivity index (χ0n) is 12.9. The number of ether oxygens (including phenoxy) is 2. The lowest BCUT2D eigenvalue weighted by molar-refractivity contribution is -0.144. The predicted molar refractivity (Wildman–Crippen MR) is 82.4 cm³/mol. The molecule has 2 N–H and O–H groups in total. The molecule has 21 heavy (non-hydrogen) atoms. The number of carbonyl (C=O) groups excluding carboxylic acids is 1. The molecule has 0 radical (unpaired) electrons. The molecule has 1 atom stereocenters. The number of aromatic nitrogens is 1. The molecule has 1 aromatic heterocycles. The van der Waals surface area contributed by atoms with Crippen LogP contribution in [0.25, 0.3) is 10.9 Å². The number of hydrogen-bond donors (Lipinski definition) is 1. The maximum atomic E-state index is 11.9. The largest absolute Gasteiger partial charge is 0.497 e. The Morgan fingerprint density at radius 2 is 2.10 bits per heavy atom. The van der Waals surface area contributed by atoms with Gasteiger partial charge in [0.25, 0.3) is 0 Å². The van der Waals surface area contributed by atoms with Crippen LogP contribution in [-0.2, 0) is 9.53 Å². The van der Waals surface area contributed by atoms with Crippen LogP contribution in [0.4, 0.5) is 0 Å². The molecule has 114 valence electrons. The van der Waals surface area contributed by atoms with Gasteiger partial charge in [-0.15, -0.1) is 0 Å². The Morgan fingerprint density at radius 3 is 2.67 bits per heavy atom. The van der Waals surface area contributed by atoms with E-state index in [-0.39, 0.29) is 6.04 Å². The highest BCUT2D eigenvalue weighted by Gasteiger charge is 2.23. The summed E-state index contributed by atoms with van der Waals surface area (Å²) in [5.41, 5.74) is 7.86. The van der Waals surface area contributed by atoms with Crippen molar-refractivity contribution in [1.29, 1.82) is 0 Å². The molecule has 5 nitrogen and oxygen atoms in total. The minimum atomic E-state index is -0.792. The molecular weight excluding hydrogens is 268 g/mol. The number of nitrogens with two attached hydrogens (primary N) is 1. The highest BCUT2D eigenvalue weighted by Crippen LogP contribution is 2.31. The lowest BCUT2D eigenvalue weighted by Gasteiger charge is -2.10. The Morgan fingerprint density at radius 1 is 1.38 bits per heavy atom. The third-order valence-corrected chi connectivity index (χ3v) is 3.50. The quantitative estimate of drug-likeness (QED) is 0.860. The van der Waals surface area contributed by atoms with E-state index in [0.717, 1.165) is 22.2 Å². The van der Waals surface area contributed by atoms with Gasteiger partial charge in [-0.05, 0) is 39.0 Å². The molecule has 0 aliphatic carbocycles. The molecule has 0 aliphatic heterocycles. The van der Waals surface area contributed by atoms with Crippen LogP contribution >= 0.6 is 0 Å². The monoisotopic (exact) mass is 290 g/mol. The lowest BCUT2D eigenvalue weighted by Crippen LogP contribution is -2.23. The van der Waals surface area contributed by atoms with Crippen LogP contribution < -0.4 is 10.5 Å². The number of benzene rings is 1. The molecule has 5 heteroatoms. The molecule has 0 saturated carbocycles. The number of fused-ring (bicyclic) bond motifs is 1. The van der Waals surface area contributed by atoms with Gasteiger partial charge in [-0.2, -0.15) is 0 Å². The predicted octanol–water partition coefficient (Wildman–Crippen LogP) is 2.79. The van der Waals surface area contributed by atoms with Crippen molar-refractivity contribution >= 4 is 16.9 Å². The van der Waals surface area contributed by atoms with Gasteiger partial charge in [-0.1, -0.05) is 0 Å². The van der Waals surface area contributed by atoms with Crippen molar-refractivity contribution in [2.24, 2.45) is 5.73 Å². The van der Waals surface area contributed by atoms with E-state index in [0.29, 0.717) is 6.61 Å². The van der Waals surface area contributed by atoms with Gasteiger partial charge in [0.05, 0.1) is 13.7 Å². The smallest absolute Gasteiger partial charge is 0.327 e. The van der Waals surface area contributed by atoms with E-state index < -0.39 is 12.0 Å². The molecule has 1 heterocycles. The molecular formula is C16H22N2O3. The second-order valence-corrected chi connectivity index (χ2v) is 5.20. The van der Waals surface area contributed by atoms with Gasteiger partial charge in [0, 0.05) is 28.7 Å². The van der Waals surface area contributed by atoms with Crippen molar-refractivity contribution in [1.82, 2.24) is 4.57 Å². The SMILES string of the molecule is CCOC(=O)C(N)c1cn(C(C)C)c2ccc(OC)cc12. The molecule has 2 aromatic rings. The maximum absolute atomic E-state index is 11.9. The second kappa shape index (κ2) is 6.18. The summed E-state index contributed by atoms with van der Waals surface area (Å²) < 4.78 is 12.4. The minimum Gasteiger partial charge on any atom is -0.497 e. The highest BCUT2D eigenvalue weighted by atomic mass is 16.5. The summed E-state index contributed by atoms with van der Waals surface area (Å²) in [5.74, 6) is 0.324. The van der Waals surface area contributed by atoms with E-state index in [9.17, 15) is 4.79 Å². The normalized spacial score (nSPS) is 12.7. The van der Waals surface area contributed by atoms with Gasteiger partial charge in [0.2, 0.25) is 0 Å². The number of nitrogens with zero attached hydrogens (tertiary/aromatic N) is 1. The van der Waals surface area contributed by atoms with E-state index >= 15 is 0 Å². The van der Waals surface area contributed by atoms with E-state index in [1.165, 1.54) is 0 Å². The van der Waals surface area contributed by atoms with E-state index in [1.54, 1.807) is 14.0 Å². The molecule has 0 aliphatic rings. The third-order valence-electron chi connectivity index (χ3n) is 3.50. The van der Waals surface area contributed by atoms with Crippen molar-refractivity contribution in [2.45, 2.75) is 32.9 Å². The fraction of sp³-hybridized carbons (Fsp3) is 0.438. The van der Waals surface area contributed by atoms with Crippen molar-refractivity contribution in [3.8, 4) is 5.75 Å². The minimum absolute atomic E-state index is 0.268. The summed E-state index contributed by atoms with van der Waals surface area (Å²) in [5, 5.41) is 0.920. The highest BCUT2D eigenvalue weighted by molar-refractivity contribution is 5.91. The van der Waals surface area contributed by atoms with Gasteiger partial charge in [0.1, 0.15) is 11.8 Å². The first kappa shape index (κ1) is 15.4. The average Bonchev–Trinajstić information content (AvgIpc) is 2.85. The van der Waals surface area contributed by atoms with Gasteiger partial charge in [-0.25, -0.2) is 4.79 Å². The van der Waals surface area contributed by atoms with E-state index in [4.69, 9.17) is 15.2 Å². The summed E-state index contributed by atoms with van der Waals surface area (Å²) in [7, 11) is 1.62. The number of rotatable bonds is 5. The topological polar surface area (TPSA) is 66.5 Å². The molecule has 2 rings (SSSR count). The fourth-order valence-corrected chi connectivity index (χ4v) is 2.42. The number of carbonyl (C=O) groups is 1. The van der Waals surface area contributed by atoms with Crippen LogP contribution in [0.15, 0.2) is 24.4 Å². The standard InChI is InChI=1S/C16H22N2O3/c1-5-21-16(19)15(17)13-9-18(10(2)3)14-7-6-11(20-4)8-12(13)14/h6-10,15H,5,17H2,1-4H3. The molecule has 0 fully saturated rings.